The molecule has 0 spiro atoms. The predicted molar refractivity (Wildman–Crippen MR) is 144 cm³/mol. The van der Waals surface area contributed by atoms with E-state index < -0.39 is 0 Å². The molecule has 1 aliphatic rings. The molecule has 7 nitrogen and oxygen atoms in total. The van der Waals surface area contributed by atoms with Crippen LogP contribution in [-0.4, -0.2) is 53.2 Å². The maximum absolute atomic E-state index is 12.9. The van der Waals surface area contributed by atoms with Crippen molar-refractivity contribution >= 4 is 62.2 Å². The van der Waals surface area contributed by atoms with Crippen LogP contribution in [0.25, 0.3) is 0 Å². The van der Waals surface area contributed by atoms with E-state index in [4.69, 9.17) is 4.79 Å². The van der Waals surface area contributed by atoms with Crippen molar-refractivity contribution in [2.45, 2.75) is 36.3 Å². The molecule has 1 aliphatic heterocycles. The highest BCUT2D eigenvalue weighted by Crippen LogP contribution is 2.35. The summed E-state index contributed by atoms with van der Waals surface area (Å²) in [6, 6.07) is 13.5. The van der Waals surface area contributed by atoms with E-state index in [9.17, 15) is 4.79 Å². The minimum Gasteiger partial charge on any atom is -0.337 e. The molecular formula is C24H30BrN5O2S2. The van der Waals surface area contributed by atoms with E-state index in [-0.39, 0.29) is 5.91 Å². The van der Waals surface area contributed by atoms with Crippen molar-refractivity contribution in [1.29, 1.82) is 0 Å². The number of amides is 1. The van der Waals surface area contributed by atoms with E-state index in [1.165, 1.54) is 6.92 Å². The van der Waals surface area contributed by atoms with Gasteiger partial charge in [0.05, 0.1) is 10.4 Å². The van der Waals surface area contributed by atoms with Gasteiger partial charge in [-0.15, -0.1) is 0 Å². The number of thiazole rings is 1. The molecule has 1 fully saturated rings. The fourth-order valence-electron chi connectivity index (χ4n) is 2.99. The van der Waals surface area contributed by atoms with Gasteiger partial charge in [0, 0.05) is 30.1 Å². The number of pyridine rings is 1. The number of nitrogens with zero attached hydrogens (tertiary/aromatic N) is 3. The summed E-state index contributed by atoms with van der Waals surface area (Å²) < 4.78 is 1.82. The first-order chi connectivity index (χ1) is 16.6. The summed E-state index contributed by atoms with van der Waals surface area (Å²) in [5.41, 5.74) is 0.734. The van der Waals surface area contributed by atoms with Gasteiger partial charge in [0.1, 0.15) is 16.7 Å². The van der Waals surface area contributed by atoms with Gasteiger partial charge in [-0.1, -0.05) is 49.1 Å². The lowest BCUT2D eigenvalue weighted by Gasteiger charge is -2.20. The topological polar surface area (TPSA) is 87.2 Å². The van der Waals surface area contributed by atoms with Crippen molar-refractivity contribution in [2.75, 3.05) is 31.5 Å². The van der Waals surface area contributed by atoms with Crippen molar-refractivity contribution < 1.29 is 9.59 Å². The highest BCUT2D eigenvalue weighted by atomic mass is 79.9. The SMILES string of the molecule is CC.CC=O.O=C(c1cccc(Sc2cnc(Nc3cccc(Br)n3)s2)c1)N1CCCNCC1. The molecule has 10 heteroatoms. The average Bonchev–Trinajstić information content (AvgIpc) is 3.10. The van der Waals surface area contributed by atoms with Gasteiger partial charge in [-0.05, 0) is 66.2 Å². The molecule has 4 rings (SSSR count). The molecule has 2 N–H and O–H groups in total. The number of hydrogen-bond acceptors (Lipinski definition) is 8. The van der Waals surface area contributed by atoms with E-state index >= 15 is 0 Å². The Bertz CT molecular complexity index is 1040. The number of halogens is 1. The van der Waals surface area contributed by atoms with Crippen LogP contribution >= 0.6 is 39.0 Å². The Kier molecular flexibility index (Phi) is 12.8. The van der Waals surface area contributed by atoms with Crippen LogP contribution < -0.4 is 10.6 Å². The number of hydrogen-bond donors (Lipinski definition) is 2. The van der Waals surface area contributed by atoms with Gasteiger partial charge >= 0.3 is 0 Å². The van der Waals surface area contributed by atoms with Gasteiger partial charge in [0.15, 0.2) is 5.13 Å². The number of carbonyl (C=O) groups excluding carboxylic acids is 2. The van der Waals surface area contributed by atoms with Crippen LogP contribution in [0.15, 0.2) is 62.4 Å². The smallest absolute Gasteiger partial charge is 0.253 e. The second-order valence-corrected chi connectivity index (χ2v) is 9.93. The van der Waals surface area contributed by atoms with E-state index in [2.05, 4.69) is 36.5 Å². The Morgan fingerprint density at radius 2 is 1.97 bits per heavy atom. The Morgan fingerprint density at radius 1 is 1.21 bits per heavy atom. The Balaban J connectivity index is 0.000000758. The second kappa shape index (κ2) is 15.6. The molecule has 3 aromatic rings. The summed E-state index contributed by atoms with van der Waals surface area (Å²) in [6.45, 7) is 8.82. The van der Waals surface area contributed by atoms with E-state index in [1.54, 1.807) is 23.1 Å². The molecule has 0 saturated carbocycles. The van der Waals surface area contributed by atoms with Crippen LogP contribution in [0.4, 0.5) is 10.9 Å². The van der Waals surface area contributed by atoms with Gasteiger partial charge in [-0.3, -0.25) is 4.79 Å². The monoisotopic (exact) mass is 563 g/mol. The Hall–Kier alpha value is -2.27. The summed E-state index contributed by atoms with van der Waals surface area (Å²) >= 11 is 6.53. The van der Waals surface area contributed by atoms with Gasteiger partial charge in [0.25, 0.3) is 5.91 Å². The highest BCUT2D eigenvalue weighted by molar-refractivity contribution is 9.10. The number of benzene rings is 1. The zero-order valence-corrected chi connectivity index (χ0v) is 22.8. The third kappa shape index (κ3) is 9.17. The van der Waals surface area contributed by atoms with E-state index in [0.717, 1.165) is 69.1 Å². The van der Waals surface area contributed by atoms with Gasteiger partial charge in [-0.2, -0.15) is 0 Å². The van der Waals surface area contributed by atoms with Crippen molar-refractivity contribution in [3.8, 4) is 0 Å². The summed E-state index contributed by atoms with van der Waals surface area (Å²) in [5, 5.41) is 7.33. The first-order valence-corrected chi connectivity index (χ1v) is 13.5. The van der Waals surface area contributed by atoms with Crippen LogP contribution in [0, 0.1) is 0 Å². The maximum atomic E-state index is 12.9. The number of carbonyl (C=O) groups is 2. The molecule has 34 heavy (non-hydrogen) atoms. The molecule has 2 aromatic heterocycles. The lowest BCUT2D eigenvalue weighted by atomic mass is 10.2. The van der Waals surface area contributed by atoms with Crippen molar-refractivity contribution in [1.82, 2.24) is 20.2 Å². The van der Waals surface area contributed by atoms with Crippen LogP contribution in [0.2, 0.25) is 0 Å². The van der Waals surface area contributed by atoms with Crippen LogP contribution in [-0.2, 0) is 4.79 Å². The largest absolute Gasteiger partial charge is 0.337 e. The Labute approximate surface area is 217 Å². The van der Waals surface area contributed by atoms with Gasteiger partial charge in [0.2, 0.25) is 0 Å². The number of aromatic nitrogens is 2. The van der Waals surface area contributed by atoms with Gasteiger partial charge in [-0.25, -0.2) is 9.97 Å². The fourth-order valence-corrected chi connectivity index (χ4v) is 5.25. The predicted octanol–water partition coefficient (Wildman–Crippen LogP) is 5.86. The lowest BCUT2D eigenvalue weighted by Crippen LogP contribution is -2.34. The summed E-state index contributed by atoms with van der Waals surface area (Å²) in [7, 11) is 0. The minimum absolute atomic E-state index is 0.100. The molecule has 0 atom stereocenters. The average molecular weight is 565 g/mol. The number of nitrogens with one attached hydrogen (secondary N) is 2. The van der Waals surface area contributed by atoms with Crippen LogP contribution in [0.3, 0.4) is 0 Å². The zero-order valence-electron chi connectivity index (χ0n) is 19.6. The summed E-state index contributed by atoms with van der Waals surface area (Å²) in [4.78, 5) is 33.4. The van der Waals surface area contributed by atoms with E-state index in [1.807, 2.05) is 67.4 Å². The molecule has 182 valence electrons. The molecule has 0 unspecified atom stereocenters. The minimum atomic E-state index is 0.100. The normalized spacial score (nSPS) is 12.9. The van der Waals surface area contributed by atoms with Crippen LogP contribution in [0.1, 0.15) is 37.6 Å². The van der Waals surface area contributed by atoms with Crippen molar-refractivity contribution in [3.05, 3.63) is 58.8 Å². The van der Waals surface area contributed by atoms with Crippen molar-refractivity contribution in [2.24, 2.45) is 0 Å². The molecule has 0 radical (unpaired) electrons. The zero-order chi connectivity index (χ0) is 24.8. The number of rotatable bonds is 5. The standard InChI is InChI=1S/C20H20BrN5OS2.C2H4O.C2H6/c21-16-6-2-7-17(24-16)25-20-23-13-18(29-20)28-15-5-1-4-14(12-15)19(27)26-10-3-8-22-9-11-26;1-2-3;1-2/h1-2,4-7,12-13,22H,3,8-11H2,(H,23,24,25);2H,1H3;1-2H3. The molecule has 1 aromatic carbocycles. The first kappa shape index (κ1) is 28.0. The number of anilines is 2. The molecule has 1 saturated heterocycles. The molecule has 0 bridgehead atoms. The number of aldehydes is 1. The lowest BCUT2D eigenvalue weighted by molar-refractivity contribution is -0.106. The highest BCUT2D eigenvalue weighted by Gasteiger charge is 2.17. The van der Waals surface area contributed by atoms with Gasteiger partial charge < -0.3 is 20.3 Å². The van der Waals surface area contributed by atoms with E-state index in [0.29, 0.717) is 0 Å². The summed E-state index contributed by atoms with van der Waals surface area (Å²) in [6.07, 6.45) is 3.58. The second-order valence-electron chi connectivity index (χ2n) is 6.72. The third-order valence-corrected chi connectivity index (χ3v) is 6.81. The van der Waals surface area contributed by atoms with Crippen LogP contribution in [0.5, 0.6) is 0 Å². The van der Waals surface area contributed by atoms with Crippen molar-refractivity contribution in [3.63, 3.8) is 0 Å². The Morgan fingerprint density at radius 3 is 2.74 bits per heavy atom. The molecule has 3 heterocycles. The quantitative estimate of drug-likeness (QED) is 0.296. The molecule has 1 amide bonds. The third-order valence-electron chi connectivity index (χ3n) is 4.36. The molecule has 0 aliphatic carbocycles. The summed E-state index contributed by atoms with van der Waals surface area (Å²) in [5.74, 6) is 0.841. The molecular weight excluding hydrogens is 534 g/mol. The maximum Gasteiger partial charge on any atom is 0.253 e. The first-order valence-electron chi connectivity index (χ1n) is 11.1. The fraction of sp³-hybridized carbons (Fsp3) is 0.333.